The highest BCUT2D eigenvalue weighted by Gasteiger charge is 2.37. The van der Waals surface area contributed by atoms with Gasteiger partial charge in [-0.25, -0.2) is 0 Å². The number of likely N-dealkylation sites (tertiary alicyclic amines) is 1. The zero-order valence-corrected chi connectivity index (χ0v) is 11.9. The number of hydrogen-bond donors (Lipinski definition) is 1. The summed E-state index contributed by atoms with van der Waals surface area (Å²) >= 11 is 0. The van der Waals surface area contributed by atoms with Crippen molar-refractivity contribution >= 4 is 5.91 Å². The van der Waals surface area contributed by atoms with Crippen molar-refractivity contribution in [1.29, 1.82) is 0 Å². The third-order valence-corrected chi connectivity index (χ3v) is 4.22. The van der Waals surface area contributed by atoms with E-state index < -0.39 is 0 Å². The minimum atomic E-state index is -0.329. The van der Waals surface area contributed by atoms with Gasteiger partial charge in [-0.3, -0.25) is 4.79 Å². The van der Waals surface area contributed by atoms with Gasteiger partial charge in [0, 0.05) is 19.1 Å². The Kier molecular flexibility index (Phi) is 4.28. The van der Waals surface area contributed by atoms with Gasteiger partial charge in [-0.1, -0.05) is 13.8 Å². The van der Waals surface area contributed by atoms with Crippen LogP contribution in [0.1, 0.15) is 33.1 Å². The molecule has 18 heavy (non-hydrogen) atoms. The standard InChI is InChI=1S/C14H27N3O/c1-10(2)13(15)14(18)17(12-4-5-12)9-11-6-7-16(3)8-11/h10-13H,4-9,15H2,1-3H3. The van der Waals surface area contributed by atoms with Crippen LogP contribution in [-0.2, 0) is 4.79 Å². The van der Waals surface area contributed by atoms with Gasteiger partial charge in [-0.15, -0.1) is 0 Å². The molecule has 0 aromatic rings. The Labute approximate surface area is 110 Å². The molecule has 4 heteroatoms. The summed E-state index contributed by atoms with van der Waals surface area (Å²) in [5.74, 6) is 1.03. The van der Waals surface area contributed by atoms with Crippen LogP contribution in [0.2, 0.25) is 0 Å². The van der Waals surface area contributed by atoms with Crippen molar-refractivity contribution < 1.29 is 4.79 Å². The monoisotopic (exact) mass is 253 g/mol. The molecule has 2 unspecified atom stereocenters. The fourth-order valence-electron chi connectivity index (χ4n) is 2.74. The van der Waals surface area contributed by atoms with Crippen LogP contribution in [-0.4, -0.2) is 54.5 Å². The molecule has 1 saturated heterocycles. The summed E-state index contributed by atoms with van der Waals surface area (Å²) in [6.45, 7) is 7.24. The number of nitrogens with zero attached hydrogens (tertiary/aromatic N) is 2. The fourth-order valence-corrected chi connectivity index (χ4v) is 2.74. The number of amides is 1. The third kappa shape index (κ3) is 3.23. The Hall–Kier alpha value is -0.610. The van der Waals surface area contributed by atoms with Gasteiger partial charge in [-0.2, -0.15) is 0 Å². The van der Waals surface area contributed by atoms with Gasteiger partial charge in [0.25, 0.3) is 0 Å². The predicted octanol–water partition coefficient (Wildman–Crippen LogP) is 0.912. The van der Waals surface area contributed by atoms with Gasteiger partial charge in [0.2, 0.25) is 5.91 Å². The number of hydrogen-bond acceptors (Lipinski definition) is 3. The first-order valence-electron chi connectivity index (χ1n) is 7.23. The van der Waals surface area contributed by atoms with E-state index in [0.717, 1.165) is 19.6 Å². The van der Waals surface area contributed by atoms with Crippen LogP contribution in [0.25, 0.3) is 0 Å². The molecule has 2 atom stereocenters. The Bertz CT molecular complexity index is 301. The predicted molar refractivity (Wildman–Crippen MR) is 73.2 cm³/mol. The van der Waals surface area contributed by atoms with Crippen molar-refractivity contribution in [2.75, 3.05) is 26.7 Å². The van der Waals surface area contributed by atoms with Crippen LogP contribution in [0, 0.1) is 11.8 Å². The molecule has 0 bridgehead atoms. The molecule has 2 fully saturated rings. The highest BCUT2D eigenvalue weighted by Crippen LogP contribution is 2.30. The number of carbonyl (C=O) groups is 1. The van der Waals surface area contributed by atoms with Gasteiger partial charge < -0.3 is 15.5 Å². The summed E-state index contributed by atoms with van der Waals surface area (Å²) in [5.41, 5.74) is 6.03. The van der Waals surface area contributed by atoms with E-state index >= 15 is 0 Å². The SMILES string of the molecule is CC(C)C(N)C(=O)N(CC1CCN(C)C1)C1CC1. The normalized spacial score (nSPS) is 26.6. The molecule has 1 saturated carbocycles. The molecule has 0 aromatic heterocycles. The first-order valence-corrected chi connectivity index (χ1v) is 7.23. The highest BCUT2D eigenvalue weighted by atomic mass is 16.2. The van der Waals surface area contributed by atoms with Gasteiger partial charge in [0.1, 0.15) is 0 Å². The molecule has 0 radical (unpaired) electrons. The van der Waals surface area contributed by atoms with Crippen LogP contribution >= 0.6 is 0 Å². The van der Waals surface area contributed by atoms with E-state index in [4.69, 9.17) is 5.73 Å². The Morgan fingerprint density at radius 3 is 2.50 bits per heavy atom. The van der Waals surface area contributed by atoms with Crippen molar-refractivity contribution in [2.24, 2.45) is 17.6 Å². The van der Waals surface area contributed by atoms with Crippen molar-refractivity contribution in [3.8, 4) is 0 Å². The third-order valence-electron chi connectivity index (χ3n) is 4.22. The second-order valence-electron chi connectivity index (χ2n) is 6.41. The van der Waals surface area contributed by atoms with Crippen molar-refractivity contribution in [3.63, 3.8) is 0 Å². The highest BCUT2D eigenvalue weighted by molar-refractivity contribution is 5.82. The van der Waals surface area contributed by atoms with Gasteiger partial charge in [-0.05, 0) is 44.7 Å². The van der Waals surface area contributed by atoms with Crippen molar-refractivity contribution in [3.05, 3.63) is 0 Å². The maximum atomic E-state index is 12.4. The second kappa shape index (κ2) is 5.57. The molecule has 2 rings (SSSR count). The van der Waals surface area contributed by atoms with E-state index in [1.165, 1.54) is 19.3 Å². The van der Waals surface area contributed by atoms with Gasteiger partial charge in [0.05, 0.1) is 6.04 Å². The molecule has 2 N–H and O–H groups in total. The molecular weight excluding hydrogens is 226 g/mol. The topological polar surface area (TPSA) is 49.6 Å². The van der Waals surface area contributed by atoms with Crippen molar-refractivity contribution in [1.82, 2.24) is 9.80 Å². The van der Waals surface area contributed by atoms with Crippen LogP contribution in [0.3, 0.4) is 0 Å². The molecule has 0 spiro atoms. The average molecular weight is 253 g/mol. The van der Waals surface area contributed by atoms with Crippen LogP contribution < -0.4 is 5.73 Å². The van der Waals surface area contributed by atoms with E-state index in [1.807, 2.05) is 13.8 Å². The molecular formula is C14H27N3O. The first-order chi connectivity index (χ1) is 8.49. The van der Waals surface area contributed by atoms with E-state index in [9.17, 15) is 4.79 Å². The fraction of sp³-hybridized carbons (Fsp3) is 0.929. The molecule has 104 valence electrons. The lowest BCUT2D eigenvalue weighted by Gasteiger charge is -2.29. The number of carbonyl (C=O) groups excluding carboxylic acids is 1. The summed E-state index contributed by atoms with van der Waals surface area (Å²) in [6.07, 6.45) is 3.54. The lowest BCUT2D eigenvalue weighted by molar-refractivity contribution is -0.134. The lowest BCUT2D eigenvalue weighted by Crippen LogP contribution is -2.49. The van der Waals surface area contributed by atoms with Crippen LogP contribution in [0.4, 0.5) is 0 Å². The summed E-state index contributed by atoms with van der Waals surface area (Å²) in [7, 11) is 2.16. The summed E-state index contributed by atoms with van der Waals surface area (Å²) < 4.78 is 0. The maximum absolute atomic E-state index is 12.4. The Morgan fingerprint density at radius 2 is 2.06 bits per heavy atom. The van der Waals surface area contributed by atoms with Crippen LogP contribution in [0.15, 0.2) is 0 Å². The smallest absolute Gasteiger partial charge is 0.240 e. The summed E-state index contributed by atoms with van der Waals surface area (Å²) in [6, 6.07) is 0.151. The quantitative estimate of drug-likeness (QED) is 0.792. The summed E-state index contributed by atoms with van der Waals surface area (Å²) in [5, 5.41) is 0. The van der Waals surface area contributed by atoms with E-state index in [2.05, 4.69) is 16.8 Å². The lowest BCUT2D eigenvalue weighted by atomic mass is 10.0. The Balaban J connectivity index is 1.93. The number of rotatable bonds is 5. The maximum Gasteiger partial charge on any atom is 0.240 e. The van der Waals surface area contributed by atoms with E-state index in [0.29, 0.717) is 12.0 Å². The molecule has 1 aliphatic heterocycles. The summed E-state index contributed by atoms with van der Waals surface area (Å²) in [4.78, 5) is 16.9. The largest absolute Gasteiger partial charge is 0.338 e. The molecule has 4 nitrogen and oxygen atoms in total. The van der Waals surface area contributed by atoms with Crippen molar-refractivity contribution in [2.45, 2.75) is 45.2 Å². The van der Waals surface area contributed by atoms with E-state index in [-0.39, 0.29) is 17.9 Å². The van der Waals surface area contributed by atoms with Crippen LogP contribution in [0.5, 0.6) is 0 Å². The molecule has 0 aromatic carbocycles. The minimum absolute atomic E-state index is 0.169. The van der Waals surface area contributed by atoms with Gasteiger partial charge >= 0.3 is 0 Å². The first kappa shape index (κ1) is 13.8. The molecule has 1 amide bonds. The molecule has 2 aliphatic rings. The average Bonchev–Trinajstić information content (AvgIpc) is 3.08. The molecule has 1 heterocycles. The second-order valence-corrected chi connectivity index (χ2v) is 6.41. The zero-order chi connectivity index (χ0) is 13.3. The molecule has 1 aliphatic carbocycles. The number of nitrogens with two attached hydrogens (primary N) is 1. The zero-order valence-electron chi connectivity index (χ0n) is 11.9. The van der Waals surface area contributed by atoms with E-state index in [1.54, 1.807) is 0 Å². The minimum Gasteiger partial charge on any atom is -0.338 e. The Morgan fingerprint density at radius 1 is 1.39 bits per heavy atom. The van der Waals surface area contributed by atoms with Gasteiger partial charge in [0.15, 0.2) is 0 Å².